The average molecular weight is 302 g/mol. The van der Waals surface area contributed by atoms with Gasteiger partial charge >= 0.3 is 11.9 Å². The second-order valence-corrected chi connectivity index (χ2v) is 6.32. The summed E-state index contributed by atoms with van der Waals surface area (Å²) >= 11 is 0. The van der Waals surface area contributed by atoms with Gasteiger partial charge in [0.15, 0.2) is 0 Å². The molecule has 0 radical (unpaired) electrons. The first kappa shape index (κ1) is 19.4. The summed E-state index contributed by atoms with van der Waals surface area (Å²) in [7, 11) is 0. The Morgan fingerprint density at radius 1 is 1.24 bits per heavy atom. The highest BCUT2D eigenvalue weighted by Crippen LogP contribution is 2.12. The molecule has 7 nitrogen and oxygen atoms in total. The minimum Gasteiger partial charge on any atom is -0.480 e. The second kappa shape index (κ2) is 7.40. The van der Waals surface area contributed by atoms with Gasteiger partial charge in [-0.2, -0.15) is 0 Å². The van der Waals surface area contributed by atoms with E-state index in [-0.39, 0.29) is 0 Å². The Morgan fingerprint density at radius 3 is 2.14 bits per heavy atom. The van der Waals surface area contributed by atoms with Crippen molar-refractivity contribution in [1.82, 2.24) is 5.32 Å². The lowest BCUT2D eigenvalue weighted by Gasteiger charge is -2.26. The summed E-state index contributed by atoms with van der Waals surface area (Å²) in [5, 5.41) is 11.4. The van der Waals surface area contributed by atoms with Gasteiger partial charge in [-0.1, -0.05) is 13.3 Å². The van der Waals surface area contributed by atoms with E-state index < -0.39 is 41.4 Å². The van der Waals surface area contributed by atoms with Crippen LogP contribution in [0, 0.1) is 0 Å². The molecule has 2 atom stereocenters. The van der Waals surface area contributed by atoms with Gasteiger partial charge in [-0.3, -0.25) is 9.59 Å². The van der Waals surface area contributed by atoms with Crippen LogP contribution in [0.3, 0.4) is 0 Å². The van der Waals surface area contributed by atoms with Crippen molar-refractivity contribution in [3.05, 3.63) is 0 Å². The van der Waals surface area contributed by atoms with Gasteiger partial charge in [0, 0.05) is 0 Å². The summed E-state index contributed by atoms with van der Waals surface area (Å²) in [5.41, 5.74) is 3.95. The highest BCUT2D eigenvalue weighted by molar-refractivity contribution is 5.91. The number of ether oxygens (including phenoxy) is 1. The van der Waals surface area contributed by atoms with Crippen LogP contribution in [0.4, 0.5) is 0 Å². The van der Waals surface area contributed by atoms with E-state index >= 15 is 0 Å². The zero-order valence-electron chi connectivity index (χ0n) is 13.4. The van der Waals surface area contributed by atoms with E-state index in [1.807, 2.05) is 6.92 Å². The topological polar surface area (TPSA) is 119 Å². The summed E-state index contributed by atoms with van der Waals surface area (Å²) in [5.74, 6) is -2.59. The Morgan fingerprint density at radius 2 is 1.76 bits per heavy atom. The maximum absolute atomic E-state index is 12.0. The van der Waals surface area contributed by atoms with Crippen molar-refractivity contribution in [2.75, 3.05) is 0 Å². The Balaban J connectivity index is 4.76. The van der Waals surface area contributed by atoms with Gasteiger partial charge in [-0.05, 0) is 34.1 Å². The quantitative estimate of drug-likeness (QED) is 0.599. The number of aliphatic carboxylic acids is 1. The molecule has 0 aromatic carbocycles. The van der Waals surface area contributed by atoms with E-state index in [1.54, 1.807) is 20.8 Å². The van der Waals surface area contributed by atoms with Gasteiger partial charge in [0.05, 0.1) is 12.0 Å². The number of amides is 1. The molecule has 0 saturated heterocycles. The van der Waals surface area contributed by atoms with Gasteiger partial charge < -0.3 is 20.9 Å². The standard InChI is InChI=1S/C14H26N2O5/c1-6-7-14(5,15)12(20)16-9(11(18)19)8-10(17)21-13(2,3)4/h9H,6-8,15H2,1-5H3,(H,16,20)(H,18,19)/t9-,14?/m0/s1. The maximum Gasteiger partial charge on any atom is 0.326 e. The van der Waals surface area contributed by atoms with Crippen LogP contribution in [0.2, 0.25) is 0 Å². The number of carbonyl (C=O) groups excluding carboxylic acids is 2. The smallest absolute Gasteiger partial charge is 0.326 e. The molecule has 0 aliphatic rings. The third-order valence-electron chi connectivity index (χ3n) is 2.68. The lowest BCUT2D eigenvalue weighted by molar-refractivity contribution is -0.158. The summed E-state index contributed by atoms with van der Waals surface area (Å²) in [6, 6.07) is -1.35. The van der Waals surface area contributed by atoms with Crippen LogP contribution in [0.15, 0.2) is 0 Å². The van der Waals surface area contributed by atoms with Crippen LogP contribution in [0.1, 0.15) is 53.9 Å². The van der Waals surface area contributed by atoms with E-state index in [0.717, 1.165) is 0 Å². The molecular weight excluding hydrogens is 276 g/mol. The summed E-state index contributed by atoms with van der Waals surface area (Å²) in [6.07, 6.45) is 0.655. The lowest BCUT2D eigenvalue weighted by Crippen LogP contribution is -2.56. The molecule has 4 N–H and O–H groups in total. The monoisotopic (exact) mass is 302 g/mol. The highest BCUT2D eigenvalue weighted by atomic mass is 16.6. The molecular formula is C14H26N2O5. The molecule has 0 aliphatic carbocycles. The third kappa shape index (κ3) is 7.65. The molecule has 0 saturated carbocycles. The number of esters is 1. The summed E-state index contributed by atoms with van der Waals surface area (Å²) < 4.78 is 5.05. The van der Waals surface area contributed by atoms with Crippen molar-refractivity contribution < 1.29 is 24.2 Å². The molecule has 0 bridgehead atoms. The fraction of sp³-hybridized carbons (Fsp3) is 0.786. The van der Waals surface area contributed by atoms with Crippen molar-refractivity contribution in [2.45, 2.75) is 71.1 Å². The van der Waals surface area contributed by atoms with Crippen LogP contribution < -0.4 is 11.1 Å². The van der Waals surface area contributed by atoms with Gasteiger partial charge in [-0.15, -0.1) is 0 Å². The maximum atomic E-state index is 12.0. The Bertz CT molecular complexity index is 399. The van der Waals surface area contributed by atoms with Crippen LogP contribution in [0.25, 0.3) is 0 Å². The molecule has 0 spiro atoms. The zero-order chi connectivity index (χ0) is 16.8. The first-order valence-electron chi connectivity index (χ1n) is 6.93. The first-order valence-corrected chi connectivity index (χ1v) is 6.93. The molecule has 0 heterocycles. The third-order valence-corrected chi connectivity index (χ3v) is 2.68. The van der Waals surface area contributed by atoms with E-state index in [0.29, 0.717) is 12.8 Å². The largest absolute Gasteiger partial charge is 0.480 e. The highest BCUT2D eigenvalue weighted by Gasteiger charge is 2.33. The number of carbonyl (C=O) groups is 3. The first-order chi connectivity index (χ1) is 9.39. The van der Waals surface area contributed by atoms with Crippen molar-refractivity contribution in [2.24, 2.45) is 5.73 Å². The number of hydrogen-bond donors (Lipinski definition) is 3. The van der Waals surface area contributed by atoms with Crippen LogP contribution in [-0.4, -0.2) is 40.1 Å². The van der Waals surface area contributed by atoms with E-state index in [4.69, 9.17) is 15.6 Å². The number of nitrogens with one attached hydrogen (secondary N) is 1. The predicted molar refractivity (Wildman–Crippen MR) is 77.5 cm³/mol. The molecule has 122 valence electrons. The van der Waals surface area contributed by atoms with Crippen LogP contribution in [0.5, 0.6) is 0 Å². The normalized spacial score (nSPS) is 15.7. The molecule has 1 unspecified atom stereocenters. The van der Waals surface area contributed by atoms with Crippen molar-refractivity contribution in [3.63, 3.8) is 0 Å². The number of nitrogens with two attached hydrogens (primary N) is 1. The fourth-order valence-electron chi connectivity index (χ4n) is 1.71. The number of rotatable bonds is 7. The molecule has 0 aliphatic heterocycles. The molecule has 1 amide bonds. The molecule has 0 fully saturated rings. The minimum atomic E-state index is -1.35. The Kier molecular flexibility index (Phi) is 6.82. The van der Waals surface area contributed by atoms with E-state index in [2.05, 4.69) is 5.32 Å². The Labute approximate surface area is 125 Å². The lowest BCUT2D eigenvalue weighted by atomic mass is 9.96. The van der Waals surface area contributed by atoms with E-state index in [9.17, 15) is 14.4 Å². The Hall–Kier alpha value is -1.63. The second-order valence-electron chi connectivity index (χ2n) is 6.32. The SMILES string of the molecule is CCCC(C)(N)C(=O)N[C@@H](CC(=O)OC(C)(C)C)C(=O)O. The van der Waals surface area contributed by atoms with Gasteiger partial charge in [0.1, 0.15) is 11.6 Å². The number of hydrogen-bond acceptors (Lipinski definition) is 5. The molecule has 0 aromatic rings. The van der Waals surface area contributed by atoms with Crippen LogP contribution in [-0.2, 0) is 19.1 Å². The molecule has 7 heteroatoms. The van der Waals surface area contributed by atoms with Crippen LogP contribution >= 0.6 is 0 Å². The summed E-state index contributed by atoms with van der Waals surface area (Å²) in [6.45, 7) is 8.43. The van der Waals surface area contributed by atoms with E-state index in [1.165, 1.54) is 6.92 Å². The van der Waals surface area contributed by atoms with Crippen molar-refractivity contribution in [1.29, 1.82) is 0 Å². The van der Waals surface area contributed by atoms with Gasteiger partial charge in [0.25, 0.3) is 0 Å². The average Bonchev–Trinajstić information content (AvgIpc) is 2.24. The van der Waals surface area contributed by atoms with Crippen molar-refractivity contribution >= 4 is 17.8 Å². The zero-order valence-corrected chi connectivity index (χ0v) is 13.4. The summed E-state index contributed by atoms with van der Waals surface area (Å²) in [4.78, 5) is 34.8. The molecule has 0 aromatic heterocycles. The molecule has 21 heavy (non-hydrogen) atoms. The molecule has 0 rings (SSSR count). The minimum absolute atomic E-state index is 0.414. The fourth-order valence-corrected chi connectivity index (χ4v) is 1.71. The predicted octanol–water partition coefficient (Wildman–Crippen LogP) is 0.805. The number of carboxylic acids is 1. The van der Waals surface area contributed by atoms with Gasteiger partial charge in [-0.25, -0.2) is 4.79 Å². The van der Waals surface area contributed by atoms with Gasteiger partial charge in [0.2, 0.25) is 5.91 Å². The van der Waals surface area contributed by atoms with Crippen molar-refractivity contribution in [3.8, 4) is 0 Å². The number of carboxylic acid groups (broad SMARTS) is 1.